The highest BCUT2D eigenvalue weighted by Crippen LogP contribution is 2.15. The molecule has 0 amide bonds. The number of likely N-dealkylation sites (tertiary alicyclic amines) is 1. The van der Waals surface area contributed by atoms with Crippen LogP contribution in [0.15, 0.2) is 0 Å². The fourth-order valence-electron chi connectivity index (χ4n) is 2.53. The van der Waals surface area contributed by atoms with Gasteiger partial charge in [0, 0.05) is 25.2 Å². The SMILES string of the molecule is CC1CCCN(CC(C)NC(C)C(C)C)C1. The fourth-order valence-corrected chi connectivity index (χ4v) is 2.53. The zero-order valence-electron chi connectivity index (χ0n) is 11.8. The summed E-state index contributed by atoms with van der Waals surface area (Å²) >= 11 is 0. The van der Waals surface area contributed by atoms with Crippen LogP contribution in [0.4, 0.5) is 0 Å². The maximum absolute atomic E-state index is 3.70. The number of rotatable bonds is 5. The second-order valence-electron chi connectivity index (χ2n) is 6.11. The van der Waals surface area contributed by atoms with Crippen molar-refractivity contribution in [3.8, 4) is 0 Å². The third-order valence-electron chi connectivity index (χ3n) is 3.82. The van der Waals surface area contributed by atoms with Gasteiger partial charge in [0.05, 0.1) is 0 Å². The Morgan fingerprint density at radius 2 is 1.94 bits per heavy atom. The zero-order chi connectivity index (χ0) is 12.1. The summed E-state index contributed by atoms with van der Waals surface area (Å²) in [6.45, 7) is 15.4. The molecule has 1 fully saturated rings. The second kappa shape index (κ2) is 6.61. The minimum absolute atomic E-state index is 0.614. The summed E-state index contributed by atoms with van der Waals surface area (Å²) in [6.07, 6.45) is 2.80. The summed E-state index contributed by atoms with van der Waals surface area (Å²) in [4.78, 5) is 2.62. The maximum Gasteiger partial charge on any atom is 0.0169 e. The third kappa shape index (κ3) is 4.84. The summed E-state index contributed by atoms with van der Waals surface area (Å²) in [5, 5.41) is 3.70. The van der Waals surface area contributed by atoms with Crippen molar-refractivity contribution >= 4 is 0 Å². The van der Waals surface area contributed by atoms with Crippen LogP contribution >= 0.6 is 0 Å². The summed E-state index contributed by atoms with van der Waals surface area (Å²) in [5.41, 5.74) is 0. The van der Waals surface area contributed by atoms with Gasteiger partial charge in [0.25, 0.3) is 0 Å². The van der Waals surface area contributed by atoms with E-state index in [1.807, 2.05) is 0 Å². The fraction of sp³-hybridized carbons (Fsp3) is 1.00. The molecule has 0 spiro atoms. The van der Waals surface area contributed by atoms with Crippen LogP contribution in [0.5, 0.6) is 0 Å². The van der Waals surface area contributed by atoms with E-state index in [-0.39, 0.29) is 0 Å². The van der Waals surface area contributed by atoms with E-state index in [0.29, 0.717) is 12.1 Å². The Hall–Kier alpha value is -0.0800. The number of piperidine rings is 1. The van der Waals surface area contributed by atoms with E-state index in [2.05, 4.69) is 44.8 Å². The summed E-state index contributed by atoms with van der Waals surface area (Å²) in [7, 11) is 0. The van der Waals surface area contributed by atoms with Crippen LogP contribution in [-0.4, -0.2) is 36.6 Å². The van der Waals surface area contributed by atoms with Crippen molar-refractivity contribution in [3.63, 3.8) is 0 Å². The van der Waals surface area contributed by atoms with Crippen molar-refractivity contribution in [2.75, 3.05) is 19.6 Å². The van der Waals surface area contributed by atoms with Gasteiger partial charge in [-0.1, -0.05) is 20.8 Å². The lowest BCUT2D eigenvalue weighted by molar-refractivity contribution is 0.165. The minimum Gasteiger partial charge on any atom is -0.310 e. The molecule has 96 valence electrons. The molecule has 0 aromatic heterocycles. The van der Waals surface area contributed by atoms with Crippen LogP contribution in [0.2, 0.25) is 0 Å². The van der Waals surface area contributed by atoms with E-state index in [4.69, 9.17) is 0 Å². The molecule has 0 saturated carbocycles. The molecule has 1 aliphatic rings. The maximum atomic E-state index is 3.70. The largest absolute Gasteiger partial charge is 0.310 e. The first-order valence-corrected chi connectivity index (χ1v) is 6.97. The van der Waals surface area contributed by atoms with Crippen molar-refractivity contribution in [1.82, 2.24) is 10.2 Å². The highest BCUT2D eigenvalue weighted by Gasteiger charge is 2.19. The Balaban J connectivity index is 2.25. The third-order valence-corrected chi connectivity index (χ3v) is 3.82. The van der Waals surface area contributed by atoms with Gasteiger partial charge in [-0.2, -0.15) is 0 Å². The first-order chi connectivity index (χ1) is 7.49. The molecular formula is C14H30N2. The molecule has 0 bridgehead atoms. The first-order valence-electron chi connectivity index (χ1n) is 6.97. The van der Waals surface area contributed by atoms with Gasteiger partial charge < -0.3 is 10.2 Å². The molecule has 1 heterocycles. The van der Waals surface area contributed by atoms with Gasteiger partial charge in [0.1, 0.15) is 0 Å². The molecule has 16 heavy (non-hydrogen) atoms. The van der Waals surface area contributed by atoms with Crippen molar-refractivity contribution < 1.29 is 0 Å². The van der Waals surface area contributed by atoms with Gasteiger partial charge in [-0.15, -0.1) is 0 Å². The molecule has 1 rings (SSSR count). The monoisotopic (exact) mass is 226 g/mol. The predicted molar refractivity (Wildman–Crippen MR) is 71.7 cm³/mol. The van der Waals surface area contributed by atoms with Crippen molar-refractivity contribution in [3.05, 3.63) is 0 Å². The molecule has 1 aliphatic heterocycles. The lowest BCUT2D eigenvalue weighted by atomic mass is 9.99. The molecular weight excluding hydrogens is 196 g/mol. The van der Waals surface area contributed by atoms with Gasteiger partial charge in [0.2, 0.25) is 0 Å². The van der Waals surface area contributed by atoms with Crippen LogP contribution in [-0.2, 0) is 0 Å². The highest BCUT2D eigenvalue weighted by atomic mass is 15.2. The van der Waals surface area contributed by atoms with E-state index in [1.165, 1.54) is 32.5 Å². The number of hydrogen-bond donors (Lipinski definition) is 1. The van der Waals surface area contributed by atoms with Crippen molar-refractivity contribution in [1.29, 1.82) is 0 Å². The Labute approximate surface area is 102 Å². The van der Waals surface area contributed by atoms with E-state index in [9.17, 15) is 0 Å². The Morgan fingerprint density at radius 1 is 1.25 bits per heavy atom. The standard InChI is InChI=1S/C14H30N2/c1-11(2)14(5)15-13(4)10-16-8-6-7-12(3)9-16/h11-15H,6-10H2,1-5H3. The van der Waals surface area contributed by atoms with Gasteiger partial charge in [-0.3, -0.25) is 0 Å². The van der Waals surface area contributed by atoms with Gasteiger partial charge >= 0.3 is 0 Å². The zero-order valence-corrected chi connectivity index (χ0v) is 11.8. The highest BCUT2D eigenvalue weighted by molar-refractivity contribution is 4.76. The van der Waals surface area contributed by atoms with E-state index in [0.717, 1.165) is 11.8 Å². The minimum atomic E-state index is 0.614. The summed E-state index contributed by atoms with van der Waals surface area (Å²) in [6, 6.07) is 1.24. The first kappa shape index (κ1) is 14.0. The molecule has 0 aromatic rings. The average molecular weight is 226 g/mol. The smallest absolute Gasteiger partial charge is 0.0169 e. The van der Waals surface area contributed by atoms with Crippen LogP contribution < -0.4 is 5.32 Å². The molecule has 3 unspecified atom stereocenters. The van der Waals surface area contributed by atoms with Crippen molar-refractivity contribution in [2.24, 2.45) is 11.8 Å². The molecule has 3 atom stereocenters. The van der Waals surface area contributed by atoms with Crippen LogP contribution in [0, 0.1) is 11.8 Å². The molecule has 2 heteroatoms. The Kier molecular flexibility index (Phi) is 5.77. The average Bonchev–Trinajstić information content (AvgIpc) is 2.16. The molecule has 0 aliphatic carbocycles. The number of nitrogens with zero attached hydrogens (tertiary/aromatic N) is 1. The molecule has 1 N–H and O–H groups in total. The summed E-state index contributed by atoms with van der Waals surface area (Å²) in [5.74, 6) is 1.62. The number of nitrogens with one attached hydrogen (secondary N) is 1. The van der Waals surface area contributed by atoms with Crippen LogP contribution in [0.3, 0.4) is 0 Å². The van der Waals surface area contributed by atoms with E-state index < -0.39 is 0 Å². The molecule has 1 saturated heterocycles. The van der Waals surface area contributed by atoms with Crippen molar-refractivity contribution in [2.45, 2.75) is 59.5 Å². The van der Waals surface area contributed by atoms with Gasteiger partial charge in [-0.25, -0.2) is 0 Å². The normalized spacial score (nSPS) is 27.0. The lowest BCUT2D eigenvalue weighted by Gasteiger charge is -2.34. The predicted octanol–water partition coefficient (Wildman–Crippen LogP) is 2.74. The number of hydrogen-bond acceptors (Lipinski definition) is 2. The van der Waals surface area contributed by atoms with Gasteiger partial charge in [0.15, 0.2) is 0 Å². The molecule has 0 radical (unpaired) electrons. The lowest BCUT2D eigenvalue weighted by Crippen LogP contribution is -2.47. The van der Waals surface area contributed by atoms with Gasteiger partial charge in [-0.05, 0) is 45.1 Å². The topological polar surface area (TPSA) is 15.3 Å². The quantitative estimate of drug-likeness (QED) is 0.775. The van der Waals surface area contributed by atoms with E-state index >= 15 is 0 Å². The van der Waals surface area contributed by atoms with Crippen LogP contribution in [0.1, 0.15) is 47.5 Å². The Morgan fingerprint density at radius 3 is 2.50 bits per heavy atom. The second-order valence-corrected chi connectivity index (χ2v) is 6.11. The van der Waals surface area contributed by atoms with E-state index in [1.54, 1.807) is 0 Å². The van der Waals surface area contributed by atoms with Crippen LogP contribution in [0.25, 0.3) is 0 Å². The Bertz CT molecular complexity index is 191. The molecule has 0 aromatic carbocycles. The molecule has 2 nitrogen and oxygen atoms in total. The summed E-state index contributed by atoms with van der Waals surface area (Å²) < 4.78 is 0.